The Labute approximate surface area is 121 Å². The number of anilines is 1. The predicted octanol–water partition coefficient (Wildman–Crippen LogP) is 1.37. The minimum Gasteiger partial charge on any atom is -0.481 e. The van der Waals surface area contributed by atoms with Crippen molar-refractivity contribution >= 4 is 17.6 Å². The number of carbonyl (C=O) groups excluding carboxylic acids is 1. The lowest BCUT2D eigenvalue weighted by molar-refractivity contribution is -0.146. The van der Waals surface area contributed by atoms with E-state index in [0.717, 1.165) is 11.3 Å². The van der Waals surface area contributed by atoms with Gasteiger partial charge in [-0.05, 0) is 24.6 Å². The molecule has 1 N–H and O–H groups in total. The Morgan fingerprint density at radius 2 is 2.29 bits per heavy atom. The van der Waals surface area contributed by atoms with Gasteiger partial charge in [-0.1, -0.05) is 24.3 Å². The van der Waals surface area contributed by atoms with Crippen LogP contribution in [-0.4, -0.2) is 35.2 Å². The fourth-order valence-corrected chi connectivity index (χ4v) is 3.79. The maximum atomic E-state index is 12.7. The number of rotatable bonds is 2. The van der Waals surface area contributed by atoms with E-state index >= 15 is 0 Å². The highest BCUT2D eigenvalue weighted by molar-refractivity contribution is 6.02. The Kier molecular flexibility index (Phi) is 2.37. The molecule has 4 atom stereocenters. The van der Waals surface area contributed by atoms with Gasteiger partial charge >= 0.3 is 5.97 Å². The zero-order valence-corrected chi connectivity index (χ0v) is 11.5. The molecule has 3 aliphatic heterocycles. The smallest absolute Gasteiger partial charge is 0.310 e. The van der Waals surface area contributed by atoms with Crippen molar-refractivity contribution in [2.45, 2.75) is 18.6 Å². The first-order chi connectivity index (χ1) is 10.0. The van der Waals surface area contributed by atoms with Crippen LogP contribution >= 0.6 is 0 Å². The average molecular weight is 285 g/mol. The number of hydrogen-bond acceptors (Lipinski definition) is 3. The first-order valence-corrected chi connectivity index (χ1v) is 7.00. The van der Waals surface area contributed by atoms with Crippen LogP contribution in [0.1, 0.15) is 5.56 Å². The number of amides is 1. The van der Waals surface area contributed by atoms with Gasteiger partial charge in [0, 0.05) is 5.69 Å². The summed E-state index contributed by atoms with van der Waals surface area (Å²) in [7, 11) is 0. The molecular weight excluding hydrogens is 270 g/mol. The van der Waals surface area contributed by atoms with Crippen molar-refractivity contribution in [3.63, 3.8) is 0 Å². The van der Waals surface area contributed by atoms with Crippen molar-refractivity contribution in [1.29, 1.82) is 0 Å². The molecule has 0 unspecified atom stereocenters. The van der Waals surface area contributed by atoms with E-state index in [1.807, 2.05) is 37.3 Å². The minimum atomic E-state index is -0.962. The number of carboxylic acid groups (broad SMARTS) is 1. The van der Waals surface area contributed by atoms with Crippen molar-refractivity contribution in [2.75, 3.05) is 11.4 Å². The van der Waals surface area contributed by atoms with Gasteiger partial charge < -0.3 is 14.7 Å². The molecular formula is C16H15NO4. The summed E-state index contributed by atoms with van der Waals surface area (Å²) in [5, 5.41) is 9.41. The lowest BCUT2D eigenvalue weighted by Gasteiger charge is -2.21. The first kappa shape index (κ1) is 12.6. The third kappa shape index (κ3) is 1.55. The standard InChI is InChI=1S/C16H15NO4/c1-9-3-2-4-10(7-9)17-8-16-6-5-11(21-16)12(15(19)20)13(16)14(17)18/h2-7,11-13H,8H2,1H3,(H,19,20)/t11-,12+,13-,16+/m1/s1. The van der Waals surface area contributed by atoms with Gasteiger partial charge in [-0.3, -0.25) is 9.59 Å². The van der Waals surface area contributed by atoms with E-state index in [4.69, 9.17) is 4.74 Å². The maximum Gasteiger partial charge on any atom is 0.310 e. The monoisotopic (exact) mass is 285 g/mol. The molecule has 1 aromatic rings. The SMILES string of the molecule is Cc1cccc(N2C[C@]34C=C[C@@H](O3)[C@H](C(=O)O)[C@@H]4C2=O)c1. The second kappa shape index (κ2) is 3.95. The molecule has 5 nitrogen and oxygen atoms in total. The van der Waals surface area contributed by atoms with Crippen LogP contribution < -0.4 is 4.90 Å². The molecule has 1 amide bonds. The topological polar surface area (TPSA) is 66.8 Å². The van der Waals surface area contributed by atoms with Gasteiger partial charge in [0.15, 0.2) is 0 Å². The normalized spacial score (nSPS) is 36.3. The number of hydrogen-bond donors (Lipinski definition) is 1. The fourth-order valence-electron chi connectivity index (χ4n) is 3.79. The molecule has 108 valence electrons. The van der Waals surface area contributed by atoms with Crippen molar-refractivity contribution in [3.05, 3.63) is 42.0 Å². The molecule has 3 aliphatic rings. The molecule has 3 heterocycles. The van der Waals surface area contributed by atoms with Crippen LogP contribution in [0.15, 0.2) is 36.4 Å². The molecule has 0 radical (unpaired) electrons. The summed E-state index contributed by atoms with van der Waals surface area (Å²) in [5.41, 5.74) is 1.09. The van der Waals surface area contributed by atoms with E-state index in [-0.39, 0.29) is 5.91 Å². The number of carboxylic acids is 1. The molecule has 2 fully saturated rings. The number of ether oxygens (including phenoxy) is 1. The predicted molar refractivity (Wildman–Crippen MR) is 74.9 cm³/mol. The summed E-state index contributed by atoms with van der Waals surface area (Å²) in [4.78, 5) is 25.9. The van der Waals surface area contributed by atoms with E-state index in [2.05, 4.69) is 0 Å². The zero-order valence-electron chi connectivity index (χ0n) is 11.5. The fraction of sp³-hybridized carbons (Fsp3) is 0.375. The third-order valence-electron chi connectivity index (χ3n) is 4.70. The van der Waals surface area contributed by atoms with Crippen LogP contribution in [0.4, 0.5) is 5.69 Å². The van der Waals surface area contributed by atoms with Crippen LogP contribution in [0.25, 0.3) is 0 Å². The molecule has 5 heteroatoms. The summed E-state index contributed by atoms with van der Waals surface area (Å²) in [6, 6.07) is 7.66. The number of carbonyl (C=O) groups is 2. The maximum absolute atomic E-state index is 12.7. The number of fused-ring (bicyclic) bond motifs is 1. The van der Waals surface area contributed by atoms with E-state index < -0.39 is 29.5 Å². The van der Waals surface area contributed by atoms with Crippen LogP contribution in [0, 0.1) is 18.8 Å². The lowest BCUT2D eigenvalue weighted by atomic mass is 9.77. The van der Waals surface area contributed by atoms with Crippen LogP contribution in [0.2, 0.25) is 0 Å². The summed E-state index contributed by atoms with van der Waals surface area (Å²) in [5.74, 6) is -2.52. The van der Waals surface area contributed by atoms with Gasteiger partial charge in [-0.2, -0.15) is 0 Å². The molecule has 2 bridgehead atoms. The Hall–Kier alpha value is -2.14. The van der Waals surface area contributed by atoms with Gasteiger partial charge in [-0.15, -0.1) is 0 Å². The quantitative estimate of drug-likeness (QED) is 0.833. The zero-order chi connectivity index (χ0) is 14.8. The summed E-state index contributed by atoms with van der Waals surface area (Å²) < 4.78 is 5.86. The molecule has 4 rings (SSSR count). The number of aliphatic carboxylic acids is 1. The first-order valence-electron chi connectivity index (χ1n) is 7.00. The van der Waals surface area contributed by atoms with Crippen LogP contribution in [0.5, 0.6) is 0 Å². The Morgan fingerprint density at radius 1 is 1.48 bits per heavy atom. The Morgan fingerprint density at radius 3 is 3.00 bits per heavy atom. The Bertz CT molecular complexity index is 683. The van der Waals surface area contributed by atoms with Crippen molar-refractivity contribution in [1.82, 2.24) is 0 Å². The van der Waals surface area contributed by atoms with Crippen LogP contribution in [0.3, 0.4) is 0 Å². The van der Waals surface area contributed by atoms with E-state index in [1.165, 1.54) is 0 Å². The molecule has 1 spiro atoms. The van der Waals surface area contributed by atoms with Crippen molar-refractivity contribution in [3.8, 4) is 0 Å². The molecule has 0 aliphatic carbocycles. The summed E-state index contributed by atoms with van der Waals surface area (Å²) in [6.07, 6.45) is 3.17. The Balaban J connectivity index is 1.75. The highest BCUT2D eigenvalue weighted by Gasteiger charge is 2.67. The molecule has 0 saturated carbocycles. The van der Waals surface area contributed by atoms with Gasteiger partial charge in [0.05, 0.1) is 18.6 Å². The van der Waals surface area contributed by atoms with Crippen molar-refractivity contribution in [2.24, 2.45) is 11.8 Å². The van der Waals surface area contributed by atoms with Crippen LogP contribution in [-0.2, 0) is 14.3 Å². The van der Waals surface area contributed by atoms with Gasteiger partial charge in [-0.25, -0.2) is 0 Å². The van der Waals surface area contributed by atoms with E-state index in [9.17, 15) is 14.7 Å². The largest absolute Gasteiger partial charge is 0.481 e. The second-order valence-electron chi connectivity index (χ2n) is 6.00. The second-order valence-corrected chi connectivity index (χ2v) is 6.00. The number of aryl methyl sites for hydroxylation is 1. The van der Waals surface area contributed by atoms with E-state index in [0.29, 0.717) is 6.54 Å². The highest BCUT2D eigenvalue weighted by atomic mass is 16.5. The van der Waals surface area contributed by atoms with Gasteiger partial charge in [0.1, 0.15) is 11.5 Å². The van der Waals surface area contributed by atoms with E-state index in [1.54, 1.807) is 11.0 Å². The van der Waals surface area contributed by atoms with Crippen molar-refractivity contribution < 1.29 is 19.4 Å². The molecule has 21 heavy (non-hydrogen) atoms. The third-order valence-corrected chi connectivity index (χ3v) is 4.70. The molecule has 0 aromatic heterocycles. The van der Waals surface area contributed by atoms with Gasteiger partial charge in [0.25, 0.3) is 0 Å². The van der Waals surface area contributed by atoms with Gasteiger partial charge in [0.2, 0.25) is 5.91 Å². The minimum absolute atomic E-state index is 0.153. The highest BCUT2D eigenvalue weighted by Crippen LogP contribution is 2.52. The molecule has 1 aromatic carbocycles. The molecule has 2 saturated heterocycles. The summed E-state index contributed by atoms with van der Waals surface area (Å²) in [6.45, 7) is 2.35. The number of nitrogens with zero attached hydrogens (tertiary/aromatic N) is 1. The number of benzene rings is 1. The summed E-state index contributed by atoms with van der Waals surface area (Å²) >= 11 is 0. The average Bonchev–Trinajstić information content (AvgIpc) is 3.07. The lowest BCUT2D eigenvalue weighted by Crippen LogP contribution is -2.39.